The molecule has 1 aliphatic heterocycles. The van der Waals surface area contributed by atoms with E-state index in [1.165, 1.54) is 0 Å². The molecule has 0 bridgehead atoms. The summed E-state index contributed by atoms with van der Waals surface area (Å²) in [6.07, 6.45) is 0. The average molecular weight is 321 g/mol. The number of nitrogens with zero attached hydrogens (tertiary/aromatic N) is 2. The standard InChI is InChI=1S/C16H17ClN2O3/c1-10-8-21-9-11(2)19(10)16(20)14-7-15(22-18-14)12-3-5-13(17)6-4-12/h3-7,10-11H,8-9H2,1-2H3. The first-order chi connectivity index (χ1) is 10.6. The zero-order valence-corrected chi connectivity index (χ0v) is 13.2. The van der Waals surface area contributed by atoms with E-state index in [4.69, 9.17) is 20.9 Å². The van der Waals surface area contributed by atoms with Crippen molar-refractivity contribution in [1.29, 1.82) is 0 Å². The minimum atomic E-state index is -0.132. The van der Waals surface area contributed by atoms with Crippen LogP contribution >= 0.6 is 11.6 Å². The lowest BCUT2D eigenvalue weighted by atomic mass is 10.1. The van der Waals surface area contributed by atoms with Crippen molar-refractivity contribution in [3.63, 3.8) is 0 Å². The number of carbonyl (C=O) groups is 1. The van der Waals surface area contributed by atoms with Gasteiger partial charge in [-0.2, -0.15) is 0 Å². The molecule has 116 valence electrons. The third-order valence-corrected chi connectivity index (χ3v) is 4.01. The maximum Gasteiger partial charge on any atom is 0.276 e. The summed E-state index contributed by atoms with van der Waals surface area (Å²) in [5.41, 5.74) is 1.14. The molecule has 0 saturated carbocycles. The molecule has 6 heteroatoms. The van der Waals surface area contributed by atoms with E-state index < -0.39 is 0 Å². The van der Waals surface area contributed by atoms with Crippen LogP contribution in [0, 0.1) is 0 Å². The Labute approximate surface area is 133 Å². The number of morpholine rings is 1. The average Bonchev–Trinajstić information content (AvgIpc) is 2.97. The molecule has 5 nitrogen and oxygen atoms in total. The molecule has 1 aromatic heterocycles. The van der Waals surface area contributed by atoms with Gasteiger partial charge in [-0.3, -0.25) is 4.79 Å². The first-order valence-electron chi connectivity index (χ1n) is 7.19. The third-order valence-electron chi connectivity index (χ3n) is 3.76. The van der Waals surface area contributed by atoms with Gasteiger partial charge >= 0.3 is 0 Å². The Morgan fingerprint density at radius 1 is 1.23 bits per heavy atom. The lowest BCUT2D eigenvalue weighted by Gasteiger charge is -2.38. The molecule has 2 atom stereocenters. The molecule has 2 aromatic rings. The van der Waals surface area contributed by atoms with Gasteiger partial charge in [-0.25, -0.2) is 0 Å². The molecule has 1 aliphatic rings. The summed E-state index contributed by atoms with van der Waals surface area (Å²) < 4.78 is 10.7. The van der Waals surface area contributed by atoms with E-state index in [0.29, 0.717) is 29.7 Å². The van der Waals surface area contributed by atoms with E-state index in [1.54, 1.807) is 23.1 Å². The maximum absolute atomic E-state index is 12.6. The fourth-order valence-electron chi connectivity index (χ4n) is 2.66. The van der Waals surface area contributed by atoms with E-state index >= 15 is 0 Å². The van der Waals surface area contributed by atoms with Crippen LogP contribution in [0.15, 0.2) is 34.9 Å². The highest BCUT2D eigenvalue weighted by Gasteiger charge is 2.32. The summed E-state index contributed by atoms with van der Waals surface area (Å²) in [6, 6.07) is 8.91. The number of rotatable bonds is 2. The van der Waals surface area contributed by atoms with Crippen LogP contribution in [0.4, 0.5) is 0 Å². The first-order valence-corrected chi connectivity index (χ1v) is 7.57. The van der Waals surface area contributed by atoms with Gasteiger partial charge in [-0.1, -0.05) is 16.8 Å². The smallest absolute Gasteiger partial charge is 0.276 e. The highest BCUT2D eigenvalue weighted by atomic mass is 35.5. The Morgan fingerprint density at radius 3 is 2.50 bits per heavy atom. The van der Waals surface area contributed by atoms with Crippen LogP contribution in [0.3, 0.4) is 0 Å². The Morgan fingerprint density at radius 2 is 1.86 bits per heavy atom. The predicted molar refractivity (Wildman–Crippen MR) is 82.9 cm³/mol. The first kappa shape index (κ1) is 15.1. The summed E-state index contributed by atoms with van der Waals surface area (Å²) >= 11 is 5.87. The quantitative estimate of drug-likeness (QED) is 0.852. The van der Waals surface area contributed by atoms with Crippen molar-refractivity contribution in [3.05, 3.63) is 41.0 Å². The Hall–Kier alpha value is -1.85. The number of hydrogen-bond donors (Lipinski definition) is 0. The van der Waals surface area contributed by atoms with E-state index in [-0.39, 0.29) is 18.0 Å². The minimum Gasteiger partial charge on any atom is -0.377 e. The second-order valence-electron chi connectivity index (χ2n) is 5.53. The number of carbonyl (C=O) groups excluding carboxylic acids is 1. The highest BCUT2D eigenvalue weighted by Crippen LogP contribution is 2.24. The zero-order valence-electron chi connectivity index (χ0n) is 12.5. The predicted octanol–water partition coefficient (Wildman–Crippen LogP) is 3.24. The lowest BCUT2D eigenvalue weighted by Crippen LogP contribution is -2.52. The van der Waals surface area contributed by atoms with E-state index in [0.717, 1.165) is 5.56 Å². The highest BCUT2D eigenvalue weighted by molar-refractivity contribution is 6.30. The molecule has 2 heterocycles. The SMILES string of the molecule is CC1COCC(C)N1C(=O)c1cc(-c2ccc(Cl)cc2)on1. The normalized spacial score (nSPS) is 21.9. The van der Waals surface area contributed by atoms with Crippen molar-refractivity contribution in [1.82, 2.24) is 10.1 Å². The second kappa shape index (κ2) is 6.10. The van der Waals surface area contributed by atoms with Crippen molar-refractivity contribution in [2.75, 3.05) is 13.2 Å². The summed E-state index contributed by atoms with van der Waals surface area (Å²) in [5.74, 6) is 0.417. The van der Waals surface area contributed by atoms with Gasteiger partial charge < -0.3 is 14.2 Å². The summed E-state index contributed by atoms with van der Waals surface area (Å²) in [6.45, 7) is 5.01. The van der Waals surface area contributed by atoms with Crippen LogP contribution < -0.4 is 0 Å². The van der Waals surface area contributed by atoms with Gasteiger partial charge in [0, 0.05) is 16.7 Å². The molecule has 1 aromatic carbocycles. The number of amides is 1. The van der Waals surface area contributed by atoms with E-state index in [1.807, 2.05) is 26.0 Å². The van der Waals surface area contributed by atoms with Crippen LogP contribution in [0.2, 0.25) is 5.02 Å². The molecular weight excluding hydrogens is 304 g/mol. The Kier molecular flexibility index (Phi) is 4.18. The monoisotopic (exact) mass is 320 g/mol. The van der Waals surface area contributed by atoms with Gasteiger partial charge in [0.2, 0.25) is 0 Å². The van der Waals surface area contributed by atoms with Crippen molar-refractivity contribution in [2.24, 2.45) is 0 Å². The van der Waals surface area contributed by atoms with Crippen LogP contribution in [0.25, 0.3) is 11.3 Å². The molecule has 3 rings (SSSR count). The fourth-order valence-corrected chi connectivity index (χ4v) is 2.79. The summed E-state index contributed by atoms with van der Waals surface area (Å²) in [4.78, 5) is 14.4. The Bertz CT molecular complexity index is 658. The van der Waals surface area contributed by atoms with Crippen molar-refractivity contribution in [2.45, 2.75) is 25.9 Å². The number of aromatic nitrogens is 1. The van der Waals surface area contributed by atoms with Crippen molar-refractivity contribution in [3.8, 4) is 11.3 Å². The number of ether oxygens (including phenoxy) is 1. The van der Waals surface area contributed by atoms with Crippen molar-refractivity contribution >= 4 is 17.5 Å². The van der Waals surface area contributed by atoms with Gasteiger partial charge in [-0.05, 0) is 38.1 Å². The van der Waals surface area contributed by atoms with Crippen LogP contribution in [0.5, 0.6) is 0 Å². The maximum atomic E-state index is 12.6. The molecule has 0 N–H and O–H groups in total. The zero-order chi connectivity index (χ0) is 15.7. The van der Waals surface area contributed by atoms with E-state index in [2.05, 4.69) is 5.16 Å². The molecule has 0 aliphatic carbocycles. The minimum absolute atomic E-state index is 0.0203. The summed E-state index contributed by atoms with van der Waals surface area (Å²) in [7, 11) is 0. The number of benzene rings is 1. The van der Waals surface area contributed by atoms with Gasteiger partial charge in [0.15, 0.2) is 11.5 Å². The number of hydrogen-bond acceptors (Lipinski definition) is 4. The third kappa shape index (κ3) is 2.87. The fraction of sp³-hybridized carbons (Fsp3) is 0.375. The van der Waals surface area contributed by atoms with Gasteiger partial charge in [0.1, 0.15) is 0 Å². The second-order valence-corrected chi connectivity index (χ2v) is 5.97. The topological polar surface area (TPSA) is 55.6 Å². The van der Waals surface area contributed by atoms with Gasteiger partial charge in [0.05, 0.1) is 25.3 Å². The number of halogens is 1. The molecule has 0 spiro atoms. The molecule has 1 amide bonds. The Balaban J connectivity index is 1.83. The van der Waals surface area contributed by atoms with Crippen molar-refractivity contribution < 1.29 is 14.1 Å². The summed E-state index contributed by atoms with van der Waals surface area (Å²) in [5, 5.41) is 4.57. The van der Waals surface area contributed by atoms with E-state index in [9.17, 15) is 4.79 Å². The largest absolute Gasteiger partial charge is 0.377 e. The van der Waals surface area contributed by atoms with Gasteiger partial charge in [0.25, 0.3) is 5.91 Å². The van der Waals surface area contributed by atoms with Gasteiger partial charge in [-0.15, -0.1) is 0 Å². The van der Waals surface area contributed by atoms with Crippen LogP contribution in [0.1, 0.15) is 24.3 Å². The molecule has 2 unspecified atom stereocenters. The molecule has 22 heavy (non-hydrogen) atoms. The lowest BCUT2D eigenvalue weighted by molar-refractivity contribution is -0.0253. The molecule has 1 fully saturated rings. The molecule has 1 saturated heterocycles. The van der Waals surface area contributed by atoms with Crippen LogP contribution in [-0.2, 0) is 4.74 Å². The molecular formula is C16H17ClN2O3. The molecule has 0 radical (unpaired) electrons. The van der Waals surface area contributed by atoms with Crippen LogP contribution in [-0.4, -0.2) is 41.3 Å².